The van der Waals surface area contributed by atoms with E-state index in [0.717, 1.165) is 43.3 Å². The fraction of sp³-hybridized carbons (Fsp3) is 0.346. The number of rotatable bonds is 5. The van der Waals surface area contributed by atoms with Crippen molar-refractivity contribution in [1.29, 1.82) is 5.26 Å². The van der Waals surface area contributed by atoms with Crippen molar-refractivity contribution in [3.8, 4) is 6.07 Å². The molecule has 30 heavy (non-hydrogen) atoms. The van der Waals surface area contributed by atoms with Crippen molar-refractivity contribution < 1.29 is 4.79 Å². The van der Waals surface area contributed by atoms with Gasteiger partial charge in [0.1, 0.15) is 0 Å². The van der Waals surface area contributed by atoms with Crippen molar-refractivity contribution in [3.05, 3.63) is 71.9 Å². The first-order valence-corrected chi connectivity index (χ1v) is 10.8. The molecule has 0 radical (unpaired) electrons. The molecule has 1 aliphatic rings. The van der Waals surface area contributed by atoms with E-state index in [2.05, 4.69) is 47.6 Å². The molecule has 1 fully saturated rings. The molecular formula is C26H27N3O. The summed E-state index contributed by atoms with van der Waals surface area (Å²) in [4.78, 5) is 17.4. The SMILES string of the molecule is CCC(C(=O)Nc1ccc(C#N)cc1)[C@H]1CC[C@H](c2ccnc3ccccc32)CC1. The molecule has 0 spiro atoms. The lowest BCUT2D eigenvalue weighted by molar-refractivity contribution is -0.122. The lowest BCUT2D eigenvalue weighted by Gasteiger charge is -2.33. The molecule has 0 aliphatic heterocycles. The van der Waals surface area contributed by atoms with Gasteiger partial charge in [-0.05, 0) is 85.9 Å². The van der Waals surface area contributed by atoms with Crippen LogP contribution in [0.15, 0.2) is 60.8 Å². The molecule has 0 saturated heterocycles. The Morgan fingerprint density at radius 3 is 2.53 bits per heavy atom. The number of carbonyl (C=O) groups excluding carboxylic acids is 1. The number of pyridine rings is 1. The van der Waals surface area contributed by atoms with Gasteiger partial charge < -0.3 is 5.32 Å². The van der Waals surface area contributed by atoms with Crippen molar-refractivity contribution in [2.75, 3.05) is 5.32 Å². The van der Waals surface area contributed by atoms with Gasteiger partial charge in [-0.2, -0.15) is 5.26 Å². The third-order valence-electron chi connectivity index (χ3n) is 6.52. The number of nitrogens with zero attached hydrogens (tertiary/aromatic N) is 2. The molecule has 152 valence electrons. The van der Waals surface area contributed by atoms with Crippen LogP contribution in [0.3, 0.4) is 0 Å². The van der Waals surface area contributed by atoms with Gasteiger partial charge in [-0.15, -0.1) is 0 Å². The number of fused-ring (bicyclic) bond motifs is 1. The molecule has 0 bridgehead atoms. The molecule has 3 aromatic rings. The maximum Gasteiger partial charge on any atom is 0.227 e. The number of hydrogen-bond acceptors (Lipinski definition) is 3. The summed E-state index contributed by atoms with van der Waals surface area (Å²) < 4.78 is 0. The largest absolute Gasteiger partial charge is 0.326 e. The monoisotopic (exact) mass is 397 g/mol. The highest BCUT2D eigenvalue weighted by Gasteiger charge is 2.32. The van der Waals surface area contributed by atoms with Crippen molar-refractivity contribution >= 4 is 22.5 Å². The average Bonchev–Trinajstić information content (AvgIpc) is 2.80. The summed E-state index contributed by atoms with van der Waals surface area (Å²) in [5, 5.41) is 13.2. The van der Waals surface area contributed by atoms with Crippen LogP contribution >= 0.6 is 0 Å². The molecule has 1 atom stereocenters. The van der Waals surface area contributed by atoms with Gasteiger partial charge in [-0.1, -0.05) is 25.1 Å². The Morgan fingerprint density at radius 2 is 1.83 bits per heavy atom. The van der Waals surface area contributed by atoms with Crippen molar-refractivity contribution in [2.45, 2.75) is 44.9 Å². The zero-order valence-electron chi connectivity index (χ0n) is 17.3. The van der Waals surface area contributed by atoms with Gasteiger partial charge in [0.2, 0.25) is 5.91 Å². The highest BCUT2D eigenvalue weighted by Crippen LogP contribution is 2.41. The lowest BCUT2D eigenvalue weighted by atomic mass is 9.72. The van der Waals surface area contributed by atoms with Gasteiger partial charge in [0.15, 0.2) is 0 Å². The van der Waals surface area contributed by atoms with Gasteiger partial charge in [0.25, 0.3) is 0 Å². The van der Waals surface area contributed by atoms with Crippen LogP contribution in [0, 0.1) is 23.2 Å². The second-order valence-electron chi connectivity index (χ2n) is 8.22. The molecule has 1 aromatic heterocycles. The van der Waals surface area contributed by atoms with E-state index >= 15 is 0 Å². The minimum absolute atomic E-state index is 0.0239. The zero-order valence-corrected chi connectivity index (χ0v) is 17.3. The Labute approximate surface area is 178 Å². The molecular weight excluding hydrogens is 370 g/mol. The van der Waals surface area contributed by atoms with Crippen LogP contribution in [0.5, 0.6) is 0 Å². The van der Waals surface area contributed by atoms with Crippen molar-refractivity contribution in [2.24, 2.45) is 11.8 Å². The molecule has 1 heterocycles. The predicted molar refractivity (Wildman–Crippen MR) is 120 cm³/mol. The number of carbonyl (C=O) groups is 1. The summed E-state index contributed by atoms with van der Waals surface area (Å²) in [7, 11) is 0. The third kappa shape index (κ3) is 4.21. The fourth-order valence-corrected chi connectivity index (χ4v) is 4.90. The molecule has 1 amide bonds. The van der Waals surface area contributed by atoms with Gasteiger partial charge in [-0.25, -0.2) is 0 Å². The lowest BCUT2D eigenvalue weighted by Crippen LogP contribution is -2.31. The van der Waals surface area contributed by atoms with Crippen LogP contribution in [0.4, 0.5) is 5.69 Å². The summed E-state index contributed by atoms with van der Waals surface area (Å²) in [6.07, 6.45) is 7.12. The minimum atomic E-state index is 0.0239. The first-order chi connectivity index (χ1) is 14.7. The van der Waals surface area contributed by atoms with Crippen molar-refractivity contribution in [3.63, 3.8) is 0 Å². The van der Waals surface area contributed by atoms with Crippen LogP contribution in [-0.4, -0.2) is 10.9 Å². The topological polar surface area (TPSA) is 65.8 Å². The van der Waals surface area contributed by atoms with E-state index in [1.165, 1.54) is 10.9 Å². The van der Waals surface area contributed by atoms with Crippen LogP contribution in [0.1, 0.15) is 56.1 Å². The van der Waals surface area contributed by atoms with Crippen LogP contribution in [-0.2, 0) is 4.79 Å². The van der Waals surface area contributed by atoms with Crippen LogP contribution in [0.25, 0.3) is 10.9 Å². The van der Waals surface area contributed by atoms with E-state index in [4.69, 9.17) is 5.26 Å². The summed E-state index contributed by atoms with van der Waals surface area (Å²) in [6, 6.07) is 19.7. The second-order valence-corrected chi connectivity index (χ2v) is 8.22. The van der Waals surface area contributed by atoms with E-state index in [1.54, 1.807) is 24.3 Å². The van der Waals surface area contributed by atoms with E-state index in [9.17, 15) is 4.79 Å². The molecule has 4 heteroatoms. The summed E-state index contributed by atoms with van der Waals surface area (Å²) in [6.45, 7) is 2.10. The normalized spacial score (nSPS) is 19.7. The Hall–Kier alpha value is -3.19. The Bertz CT molecular complexity index is 1050. The van der Waals surface area contributed by atoms with Gasteiger partial charge in [0.05, 0.1) is 17.1 Å². The maximum absolute atomic E-state index is 12.9. The van der Waals surface area contributed by atoms with Crippen LogP contribution < -0.4 is 5.32 Å². The minimum Gasteiger partial charge on any atom is -0.326 e. The average molecular weight is 398 g/mol. The van der Waals surface area contributed by atoms with Crippen molar-refractivity contribution in [1.82, 2.24) is 4.98 Å². The maximum atomic E-state index is 12.9. The van der Waals surface area contributed by atoms with Crippen LogP contribution in [0.2, 0.25) is 0 Å². The number of anilines is 1. The Kier molecular flexibility index (Phi) is 6.09. The number of nitriles is 1. The molecule has 1 aliphatic carbocycles. The second kappa shape index (κ2) is 9.09. The zero-order chi connectivity index (χ0) is 20.9. The Balaban J connectivity index is 1.41. The first-order valence-electron chi connectivity index (χ1n) is 10.8. The number of hydrogen-bond donors (Lipinski definition) is 1. The first kappa shape index (κ1) is 20.1. The van der Waals surface area contributed by atoms with E-state index in [-0.39, 0.29) is 11.8 Å². The molecule has 2 aromatic carbocycles. The highest BCUT2D eigenvalue weighted by molar-refractivity contribution is 5.92. The molecule has 1 N–H and O–H groups in total. The van der Waals surface area contributed by atoms with E-state index < -0.39 is 0 Å². The highest BCUT2D eigenvalue weighted by atomic mass is 16.1. The molecule has 1 unspecified atom stereocenters. The summed E-state index contributed by atoms with van der Waals surface area (Å²) in [5.41, 5.74) is 3.82. The predicted octanol–water partition coefficient (Wildman–Crippen LogP) is 6.05. The number of aromatic nitrogens is 1. The van der Waals surface area contributed by atoms with Gasteiger partial charge in [0, 0.05) is 23.2 Å². The number of amides is 1. The molecule has 4 rings (SSSR count). The van der Waals surface area contributed by atoms with E-state index in [1.807, 2.05) is 12.3 Å². The summed E-state index contributed by atoms with van der Waals surface area (Å²) in [5.74, 6) is 1.07. The van der Waals surface area contributed by atoms with Gasteiger partial charge in [-0.3, -0.25) is 9.78 Å². The number of para-hydroxylation sites is 1. The van der Waals surface area contributed by atoms with Gasteiger partial charge >= 0.3 is 0 Å². The molecule has 4 nitrogen and oxygen atoms in total. The third-order valence-corrected chi connectivity index (χ3v) is 6.52. The standard InChI is InChI=1S/C26H27N3O/c1-2-22(26(30)29-21-13-7-18(17-27)8-14-21)19-9-11-20(12-10-19)23-15-16-28-25-6-4-3-5-24(23)25/h3-8,13-16,19-20,22H,2,9-12H2,1H3,(H,29,30)/t19-,20-,22?. The fourth-order valence-electron chi connectivity index (χ4n) is 4.90. The van der Waals surface area contributed by atoms with E-state index in [0.29, 0.717) is 17.4 Å². The summed E-state index contributed by atoms with van der Waals surface area (Å²) >= 11 is 0. The quantitative estimate of drug-likeness (QED) is 0.570. The number of benzene rings is 2. The molecule has 1 saturated carbocycles. The Morgan fingerprint density at radius 1 is 1.10 bits per heavy atom. The smallest absolute Gasteiger partial charge is 0.227 e. The number of nitrogens with one attached hydrogen (secondary N) is 1.